The molecule has 2 aromatic carbocycles. The molecule has 0 spiro atoms. The molecule has 1 amide bonds. The fraction of sp³-hybridized carbons (Fsp3) is 0.0833. The number of carbonyl (C=O) groups is 2. The molecular formula is C24H19N3O3. The van der Waals surface area contributed by atoms with E-state index >= 15 is 0 Å². The first kappa shape index (κ1) is 19.3. The third-order valence-corrected chi connectivity index (χ3v) is 4.99. The Hall–Kier alpha value is -4.06. The molecule has 0 aliphatic heterocycles. The van der Waals surface area contributed by atoms with Crippen LogP contribution in [-0.4, -0.2) is 29.0 Å². The fourth-order valence-corrected chi connectivity index (χ4v) is 3.69. The van der Waals surface area contributed by atoms with E-state index in [1.54, 1.807) is 30.6 Å². The molecule has 1 unspecified atom stereocenters. The second kappa shape index (κ2) is 8.13. The van der Waals surface area contributed by atoms with Crippen molar-refractivity contribution in [3.05, 3.63) is 95.8 Å². The number of amides is 1. The minimum atomic E-state index is -0.876. The zero-order valence-electron chi connectivity index (χ0n) is 16.3. The number of hydrogen-bond donors (Lipinski definition) is 1. The van der Waals surface area contributed by atoms with Crippen molar-refractivity contribution in [1.29, 1.82) is 0 Å². The minimum Gasteiger partial charge on any atom is -0.468 e. The standard InChI is InChI=1S/C24H19N3O3/c1-30-24(29)19(15-7-3-2-4-8-15)21-20(23(25)28)17-9-5-6-10-18(17)27-22(21)16-11-13-26-14-12-16/h2-14,19H,1H3,(H2,25,28). The van der Waals surface area contributed by atoms with Crippen molar-refractivity contribution in [2.45, 2.75) is 5.92 Å². The lowest BCUT2D eigenvalue weighted by Gasteiger charge is -2.22. The van der Waals surface area contributed by atoms with Gasteiger partial charge in [0.05, 0.1) is 23.9 Å². The Morgan fingerprint density at radius 1 is 0.933 bits per heavy atom. The molecule has 30 heavy (non-hydrogen) atoms. The molecule has 1 atom stereocenters. The van der Waals surface area contributed by atoms with E-state index in [-0.39, 0.29) is 5.56 Å². The Balaban J connectivity index is 2.16. The molecule has 0 aliphatic rings. The van der Waals surface area contributed by atoms with E-state index in [4.69, 9.17) is 15.5 Å². The summed E-state index contributed by atoms with van der Waals surface area (Å²) in [7, 11) is 1.32. The van der Waals surface area contributed by atoms with Crippen molar-refractivity contribution >= 4 is 22.8 Å². The number of aromatic nitrogens is 2. The summed E-state index contributed by atoms with van der Waals surface area (Å²) in [6.45, 7) is 0. The van der Waals surface area contributed by atoms with E-state index in [1.165, 1.54) is 7.11 Å². The van der Waals surface area contributed by atoms with Crippen LogP contribution in [0.25, 0.3) is 22.2 Å². The van der Waals surface area contributed by atoms with E-state index in [1.807, 2.05) is 48.5 Å². The molecule has 0 aliphatic carbocycles. The van der Waals surface area contributed by atoms with E-state index in [0.717, 1.165) is 5.56 Å². The van der Waals surface area contributed by atoms with Crippen LogP contribution < -0.4 is 5.73 Å². The SMILES string of the molecule is COC(=O)C(c1ccccc1)c1c(-c2ccncc2)nc2ccccc2c1C(N)=O. The van der Waals surface area contributed by atoms with Crippen molar-refractivity contribution in [3.8, 4) is 11.3 Å². The number of benzene rings is 2. The maximum Gasteiger partial charge on any atom is 0.317 e. The molecule has 148 valence electrons. The first-order valence-electron chi connectivity index (χ1n) is 9.37. The number of primary amides is 1. The summed E-state index contributed by atoms with van der Waals surface area (Å²) < 4.78 is 5.13. The van der Waals surface area contributed by atoms with Gasteiger partial charge in [0.15, 0.2) is 0 Å². The van der Waals surface area contributed by atoms with Crippen molar-refractivity contribution in [2.24, 2.45) is 5.73 Å². The van der Waals surface area contributed by atoms with Gasteiger partial charge in [0, 0.05) is 28.9 Å². The van der Waals surface area contributed by atoms with Crippen LogP contribution in [0.4, 0.5) is 0 Å². The number of pyridine rings is 2. The third-order valence-electron chi connectivity index (χ3n) is 4.99. The van der Waals surface area contributed by atoms with Crippen LogP contribution >= 0.6 is 0 Å². The highest BCUT2D eigenvalue weighted by atomic mass is 16.5. The van der Waals surface area contributed by atoms with Gasteiger partial charge in [-0.15, -0.1) is 0 Å². The average Bonchev–Trinajstić information content (AvgIpc) is 2.79. The van der Waals surface area contributed by atoms with Gasteiger partial charge in [0.25, 0.3) is 0 Å². The number of esters is 1. The fourth-order valence-electron chi connectivity index (χ4n) is 3.69. The van der Waals surface area contributed by atoms with E-state index < -0.39 is 17.8 Å². The minimum absolute atomic E-state index is 0.256. The number of carbonyl (C=O) groups excluding carboxylic acids is 2. The predicted octanol–water partition coefficient (Wildman–Crippen LogP) is 3.70. The molecule has 0 fully saturated rings. The van der Waals surface area contributed by atoms with Crippen LogP contribution in [0.1, 0.15) is 27.4 Å². The number of nitrogens with zero attached hydrogens (tertiary/aromatic N) is 2. The maximum absolute atomic E-state index is 13.0. The monoisotopic (exact) mass is 397 g/mol. The zero-order valence-corrected chi connectivity index (χ0v) is 16.3. The van der Waals surface area contributed by atoms with E-state index in [0.29, 0.717) is 27.7 Å². The quantitative estimate of drug-likeness (QED) is 0.518. The van der Waals surface area contributed by atoms with Gasteiger partial charge < -0.3 is 10.5 Å². The summed E-state index contributed by atoms with van der Waals surface area (Å²) in [4.78, 5) is 34.6. The molecule has 2 aromatic heterocycles. The second-order valence-electron chi connectivity index (χ2n) is 6.73. The number of para-hydroxylation sites is 1. The molecule has 2 heterocycles. The van der Waals surface area contributed by atoms with Crippen LogP contribution in [0.3, 0.4) is 0 Å². The van der Waals surface area contributed by atoms with Gasteiger partial charge in [-0.05, 0) is 23.8 Å². The van der Waals surface area contributed by atoms with Gasteiger partial charge in [-0.3, -0.25) is 14.6 Å². The Morgan fingerprint density at radius 3 is 2.27 bits per heavy atom. The summed E-state index contributed by atoms with van der Waals surface area (Å²) >= 11 is 0. The topological polar surface area (TPSA) is 95.2 Å². The predicted molar refractivity (Wildman–Crippen MR) is 114 cm³/mol. The first-order chi connectivity index (χ1) is 14.6. The summed E-state index contributed by atoms with van der Waals surface area (Å²) in [5.41, 5.74) is 9.03. The lowest BCUT2D eigenvalue weighted by Crippen LogP contribution is -2.23. The van der Waals surface area contributed by atoms with Gasteiger partial charge in [0.2, 0.25) is 5.91 Å². The molecule has 4 rings (SSSR count). The van der Waals surface area contributed by atoms with Crippen molar-refractivity contribution in [2.75, 3.05) is 7.11 Å². The van der Waals surface area contributed by atoms with Crippen molar-refractivity contribution in [3.63, 3.8) is 0 Å². The average molecular weight is 397 g/mol. The summed E-state index contributed by atoms with van der Waals surface area (Å²) in [6.07, 6.45) is 3.27. The van der Waals surface area contributed by atoms with Crippen molar-refractivity contribution in [1.82, 2.24) is 9.97 Å². The van der Waals surface area contributed by atoms with Gasteiger partial charge in [-0.1, -0.05) is 48.5 Å². The summed E-state index contributed by atoms with van der Waals surface area (Å²) in [6, 6.07) is 20.0. The molecule has 6 heteroatoms. The van der Waals surface area contributed by atoms with E-state index in [2.05, 4.69) is 4.98 Å². The Bertz CT molecular complexity index is 1220. The molecule has 6 nitrogen and oxygen atoms in total. The molecule has 4 aromatic rings. The van der Waals surface area contributed by atoms with Crippen LogP contribution in [0.2, 0.25) is 0 Å². The molecular weight excluding hydrogens is 378 g/mol. The molecule has 2 N–H and O–H groups in total. The third kappa shape index (κ3) is 3.39. The second-order valence-corrected chi connectivity index (χ2v) is 6.73. The lowest BCUT2D eigenvalue weighted by molar-refractivity contribution is -0.141. The zero-order chi connectivity index (χ0) is 21.1. The number of fused-ring (bicyclic) bond motifs is 1. The number of methoxy groups -OCH3 is 1. The Kier molecular flexibility index (Phi) is 5.22. The highest BCUT2D eigenvalue weighted by Crippen LogP contribution is 2.38. The maximum atomic E-state index is 13.0. The van der Waals surface area contributed by atoms with Gasteiger partial charge in [-0.2, -0.15) is 0 Å². The van der Waals surface area contributed by atoms with Gasteiger partial charge in [-0.25, -0.2) is 4.98 Å². The summed E-state index contributed by atoms with van der Waals surface area (Å²) in [5.74, 6) is -2.02. The van der Waals surface area contributed by atoms with Gasteiger partial charge >= 0.3 is 5.97 Å². The highest BCUT2D eigenvalue weighted by molar-refractivity contribution is 6.10. The molecule has 0 radical (unpaired) electrons. The Morgan fingerprint density at radius 2 is 1.60 bits per heavy atom. The van der Waals surface area contributed by atoms with Crippen LogP contribution in [0.5, 0.6) is 0 Å². The largest absolute Gasteiger partial charge is 0.468 e. The number of hydrogen-bond acceptors (Lipinski definition) is 5. The van der Waals surface area contributed by atoms with Gasteiger partial charge in [0.1, 0.15) is 5.92 Å². The van der Waals surface area contributed by atoms with Crippen LogP contribution in [0, 0.1) is 0 Å². The normalized spacial score (nSPS) is 11.8. The number of ether oxygens (including phenoxy) is 1. The van der Waals surface area contributed by atoms with E-state index in [9.17, 15) is 9.59 Å². The van der Waals surface area contributed by atoms with Crippen LogP contribution in [-0.2, 0) is 9.53 Å². The molecule has 0 saturated carbocycles. The number of rotatable bonds is 5. The highest BCUT2D eigenvalue weighted by Gasteiger charge is 2.32. The smallest absolute Gasteiger partial charge is 0.317 e. The lowest BCUT2D eigenvalue weighted by atomic mass is 9.83. The van der Waals surface area contributed by atoms with Crippen LogP contribution in [0.15, 0.2) is 79.1 Å². The summed E-state index contributed by atoms with van der Waals surface area (Å²) in [5, 5.41) is 0.586. The first-order valence-corrected chi connectivity index (χ1v) is 9.37. The molecule has 0 bridgehead atoms. The molecule has 0 saturated heterocycles. The Labute approximate surface area is 173 Å². The number of nitrogens with two attached hydrogens (primary N) is 1. The van der Waals surface area contributed by atoms with Crippen molar-refractivity contribution < 1.29 is 14.3 Å².